The summed E-state index contributed by atoms with van der Waals surface area (Å²) in [6, 6.07) is 0.725. The fraction of sp³-hybridized carbons (Fsp3) is 0.455. The SMILES string of the molecule is CCOC(=O)Cc1cc(F)c(CCl)nc1OC(F)(F)F. The zero-order valence-electron chi connectivity index (χ0n) is 10.3. The first kappa shape index (κ1) is 16.5. The Morgan fingerprint density at radius 3 is 2.60 bits per heavy atom. The molecule has 20 heavy (non-hydrogen) atoms. The molecule has 0 saturated heterocycles. The molecule has 0 radical (unpaired) electrons. The standard InChI is InChI=1S/C11H10ClF4NO3/c1-2-19-9(18)4-6-3-7(13)8(5-12)17-10(6)20-11(14,15)16/h3H,2,4-5H2,1H3. The van der Waals surface area contributed by atoms with Crippen molar-refractivity contribution in [2.24, 2.45) is 0 Å². The molecule has 0 atom stereocenters. The van der Waals surface area contributed by atoms with Gasteiger partial charge in [0.2, 0.25) is 5.88 Å². The topological polar surface area (TPSA) is 48.4 Å². The van der Waals surface area contributed by atoms with Gasteiger partial charge in [-0.15, -0.1) is 24.8 Å². The summed E-state index contributed by atoms with van der Waals surface area (Å²) >= 11 is 5.35. The summed E-state index contributed by atoms with van der Waals surface area (Å²) in [5, 5.41) is 0. The first-order valence-corrected chi connectivity index (χ1v) is 5.96. The molecule has 0 aliphatic rings. The number of nitrogens with zero attached hydrogens (tertiary/aromatic N) is 1. The summed E-state index contributed by atoms with van der Waals surface area (Å²) in [5.41, 5.74) is -0.773. The van der Waals surface area contributed by atoms with E-state index in [2.05, 4.69) is 14.5 Å². The molecule has 112 valence electrons. The Hall–Kier alpha value is -1.57. The number of pyridine rings is 1. The molecule has 0 amide bonds. The molecule has 0 aromatic carbocycles. The molecule has 1 heterocycles. The van der Waals surface area contributed by atoms with Crippen molar-refractivity contribution in [3.05, 3.63) is 23.1 Å². The van der Waals surface area contributed by atoms with Gasteiger partial charge in [0.25, 0.3) is 0 Å². The lowest BCUT2D eigenvalue weighted by Gasteiger charge is -2.13. The fourth-order valence-electron chi connectivity index (χ4n) is 1.33. The molecule has 4 nitrogen and oxygen atoms in total. The van der Waals surface area contributed by atoms with Gasteiger partial charge in [-0.25, -0.2) is 9.37 Å². The Balaban J connectivity index is 3.12. The van der Waals surface area contributed by atoms with Crippen LogP contribution in [-0.2, 0) is 21.8 Å². The summed E-state index contributed by atoms with van der Waals surface area (Å²) in [5.74, 6) is -3.09. The maximum atomic E-state index is 13.5. The third kappa shape index (κ3) is 4.84. The van der Waals surface area contributed by atoms with Crippen LogP contribution in [0.2, 0.25) is 0 Å². The molecule has 0 bridgehead atoms. The predicted molar refractivity (Wildman–Crippen MR) is 60.8 cm³/mol. The van der Waals surface area contributed by atoms with E-state index in [1.54, 1.807) is 0 Å². The molecular weight excluding hydrogens is 306 g/mol. The quantitative estimate of drug-likeness (QED) is 0.476. The summed E-state index contributed by atoms with van der Waals surface area (Å²) in [4.78, 5) is 14.6. The molecule has 0 spiro atoms. The van der Waals surface area contributed by atoms with Crippen molar-refractivity contribution < 1.29 is 31.8 Å². The predicted octanol–water partition coefficient (Wildman–Crippen LogP) is 2.96. The van der Waals surface area contributed by atoms with Crippen molar-refractivity contribution in [2.75, 3.05) is 6.61 Å². The number of rotatable bonds is 5. The van der Waals surface area contributed by atoms with E-state index in [-0.39, 0.29) is 12.2 Å². The third-order valence-corrected chi connectivity index (χ3v) is 2.32. The lowest BCUT2D eigenvalue weighted by molar-refractivity contribution is -0.276. The molecule has 0 aliphatic carbocycles. The van der Waals surface area contributed by atoms with E-state index < -0.39 is 42.0 Å². The molecule has 0 fully saturated rings. The zero-order valence-corrected chi connectivity index (χ0v) is 11.0. The number of ether oxygens (including phenoxy) is 2. The summed E-state index contributed by atoms with van der Waals surface area (Å²) in [7, 11) is 0. The number of esters is 1. The van der Waals surface area contributed by atoms with Crippen LogP contribution in [0.1, 0.15) is 18.2 Å². The van der Waals surface area contributed by atoms with Crippen molar-refractivity contribution in [2.45, 2.75) is 25.6 Å². The van der Waals surface area contributed by atoms with Gasteiger partial charge < -0.3 is 9.47 Å². The summed E-state index contributed by atoms with van der Waals surface area (Å²) in [6.07, 6.45) is -5.61. The number of hydrogen-bond donors (Lipinski definition) is 0. The highest BCUT2D eigenvalue weighted by Gasteiger charge is 2.33. The van der Waals surface area contributed by atoms with E-state index in [1.165, 1.54) is 6.92 Å². The van der Waals surface area contributed by atoms with E-state index in [9.17, 15) is 22.4 Å². The van der Waals surface area contributed by atoms with E-state index in [0.29, 0.717) is 0 Å². The normalized spacial score (nSPS) is 11.3. The lowest BCUT2D eigenvalue weighted by Crippen LogP contribution is -2.20. The Labute approximate surface area is 116 Å². The molecule has 1 rings (SSSR count). The van der Waals surface area contributed by atoms with E-state index in [1.807, 2.05) is 0 Å². The van der Waals surface area contributed by atoms with Crippen molar-refractivity contribution in [1.82, 2.24) is 4.98 Å². The monoisotopic (exact) mass is 315 g/mol. The van der Waals surface area contributed by atoms with Crippen molar-refractivity contribution in [3.8, 4) is 5.88 Å². The maximum Gasteiger partial charge on any atom is 0.574 e. The smallest absolute Gasteiger partial charge is 0.466 e. The van der Waals surface area contributed by atoms with Gasteiger partial charge in [-0.05, 0) is 13.0 Å². The van der Waals surface area contributed by atoms with Crippen LogP contribution in [0.4, 0.5) is 17.6 Å². The Morgan fingerprint density at radius 1 is 1.45 bits per heavy atom. The average molecular weight is 316 g/mol. The summed E-state index contributed by atoms with van der Waals surface area (Å²) in [6.45, 7) is 1.57. The molecule has 0 aliphatic heterocycles. The van der Waals surface area contributed by atoms with E-state index in [4.69, 9.17) is 11.6 Å². The number of halogens is 5. The van der Waals surface area contributed by atoms with Gasteiger partial charge in [-0.3, -0.25) is 4.79 Å². The number of alkyl halides is 4. The fourth-order valence-corrected chi connectivity index (χ4v) is 1.52. The molecule has 1 aromatic rings. The van der Waals surface area contributed by atoms with Crippen LogP contribution in [-0.4, -0.2) is 23.9 Å². The number of carbonyl (C=O) groups excluding carboxylic acids is 1. The van der Waals surface area contributed by atoms with Crippen LogP contribution < -0.4 is 4.74 Å². The van der Waals surface area contributed by atoms with Crippen molar-refractivity contribution in [3.63, 3.8) is 0 Å². The second-order valence-electron chi connectivity index (χ2n) is 3.54. The van der Waals surface area contributed by atoms with Crippen LogP contribution >= 0.6 is 11.6 Å². The van der Waals surface area contributed by atoms with E-state index >= 15 is 0 Å². The number of carbonyl (C=O) groups is 1. The van der Waals surface area contributed by atoms with Crippen LogP contribution in [0.3, 0.4) is 0 Å². The van der Waals surface area contributed by atoms with Crippen LogP contribution in [0.25, 0.3) is 0 Å². The van der Waals surface area contributed by atoms with Crippen molar-refractivity contribution >= 4 is 17.6 Å². The zero-order chi connectivity index (χ0) is 15.3. The largest absolute Gasteiger partial charge is 0.574 e. The minimum Gasteiger partial charge on any atom is -0.466 e. The average Bonchev–Trinajstić information content (AvgIpc) is 2.31. The van der Waals surface area contributed by atoms with Gasteiger partial charge in [0, 0.05) is 5.56 Å². The van der Waals surface area contributed by atoms with Gasteiger partial charge in [-0.2, -0.15) is 0 Å². The van der Waals surface area contributed by atoms with Gasteiger partial charge in [-0.1, -0.05) is 0 Å². The molecule has 1 aromatic heterocycles. The molecule has 0 saturated carbocycles. The van der Waals surface area contributed by atoms with Gasteiger partial charge in [0.05, 0.1) is 24.6 Å². The summed E-state index contributed by atoms with van der Waals surface area (Å²) < 4.78 is 58.4. The first-order chi connectivity index (χ1) is 9.26. The van der Waals surface area contributed by atoms with E-state index in [0.717, 1.165) is 6.07 Å². The van der Waals surface area contributed by atoms with Crippen LogP contribution in [0.5, 0.6) is 5.88 Å². The van der Waals surface area contributed by atoms with Gasteiger partial charge in [0.1, 0.15) is 5.82 Å². The highest BCUT2D eigenvalue weighted by Crippen LogP contribution is 2.27. The van der Waals surface area contributed by atoms with Gasteiger partial charge in [0.15, 0.2) is 0 Å². The molecule has 9 heteroatoms. The number of hydrogen-bond acceptors (Lipinski definition) is 4. The van der Waals surface area contributed by atoms with Crippen LogP contribution in [0.15, 0.2) is 6.07 Å². The first-order valence-electron chi connectivity index (χ1n) is 5.42. The minimum absolute atomic E-state index is 0.0456. The Morgan fingerprint density at radius 2 is 2.10 bits per heavy atom. The lowest BCUT2D eigenvalue weighted by atomic mass is 10.2. The Bertz CT molecular complexity index is 493. The Kier molecular flexibility index (Phi) is 5.55. The highest BCUT2D eigenvalue weighted by atomic mass is 35.5. The molecular formula is C11H10ClF4NO3. The molecule has 0 unspecified atom stereocenters. The highest BCUT2D eigenvalue weighted by molar-refractivity contribution is 6.16. The third-order valence-electron chi connectivity index (χ3n) is 2.07. The number of aromatic nitrogens is 1. The second kappa shape index (κ2) is 6.74. The second-order valence-corrected chi connectivity index (χ2v) is 3.81. The minimum atomic E-state index is -5.02. The maximum absolute atomic E-state index is 13.5. The van der Waals surface area contributed by atoms with Gasteiger partial charge >= 0.3 is 12.3 Å². The molecule has 0 N–H and O–H groups in total. The van der Waals surface area contributed by atoms with Crippen molar-refractivity contribution in [1.29, 1.82) is 0 Å². The van der Waals surface area contributed by atoms with Crippen LogP contribution in [0, 0.1) is 5.82 Å².